The van der Waals surface area contributed by atoms with Gasteiger partial charge in [0.2, 0.25) is 0 Å². The SMILES string of the molecule is CC(Cl)CCCNC(=O)c1ccnn1C. The van der Waals surface area contributed by atoms with Gasteiger partial charge in [0, 0.05) is 25.2 Å². The Morgan fingerprint density at radius 3 is 3.00 bits per heavy atom. The smallest absolute Gasteiger partial charge is 0.269 e. The number of nitrogens with one attached hydrogen (secondary N) is 1. The molecule has 4 nitrogen and oxygen atoms in total. The van der Waals surface area contributed by atoms with E-state index in [1.54, 1.807) is 24.0 Å². The first kappa shape index (κ1) is 12.0. The van der Waals surface area contributed by atoms with Gasteiger partial charge < -0.3 is 5.32 Å². The van der Waals surface area contributed by atoms with Gasteiger partial charge in [0.05, 0.1) is 0 Å². The summed E-state index contributed by atoms with van der Waals surface area (Å²) in [5.41, 5.74) is 0.578. The first-order chi connectivity index (χ1) is 7.11. The Labute approximate surface area is 94.6 Å². The van der Waals surface area contributed by atoms with Crippen molar-refractivity contribution in [3.8, 4) is 0 Å². The van der Waals surface area contributed by atoms with Gasteiger partial charge in [-0.2, -0.15) is 5.10 Å². The number of nitrogens with zero attached hydrogens (tertiary/aromatic N) is 2. The number of amides is 1. The Hall–Kier alpha value is -1.03. The standard InChI is InChI=1S/C10H16ClN3O/c1-8(11)4-3-6-12-10(15)9-5-7-13-14(9)2/h5,7-8H,3-4,6H2,1-2H3,(H,12,15). The third kappa shape index (κ3) is 3.91. The zero-order valence-corrected chi connectivity index (χ0v) is 9.79. The molecule has 1 N–H and O–H groups in total. The second-order valence-corrected chi connectivity index (χ2v) is 4.26. The molecular weight excluding hydrogens is 214 g/mol. The monoisotopic (exact) mass is 229 g/mol. The van der Waals surface area contributed by atoms with Crippen molar-refractivity contribution in [1.82, 2.24) is 15.1 Å². The summed E-state index contributed by atoms with van der Waals surface area (Å²) in [5, 5.41) is 6.92. The van der Waals surface area contributed by atoms with Gasteiger partial charge in [-0.15, -0.1) is 11.6 Å². The lowest BCUT2D eigenvalue weighted by molar-refractivity contribution is 0.0943. The van der Waals surface area contributed by atoms with E-state index in [0.29, 0.717) is 12.2 Å². The van der Waals surface area contributed by atoms with Crippen LogP contribution in [0.25, 0.3) is 0 Å². The highest BCUT2D eigenvalue weighted by molar-refractivity contribution is 6.20. The minimum absolute atomic E-state index is 0.0859. The molecule has 0 aliphatic rings. The van der Waals surface area contributed by atoms with Crippen LogP contribution in [-0.4, -0.2) is 27.6 Å². The predicted octanol–water partition coefficient (Wildman–Crippen LogP) is 1.56. The van der Waals surface area contributed by atoms with Crippen molar-refractivity contribution in [2.45, 2.75) is 25.1 Å². The van der Waals surface area contributed by atoms with Gasteiger partial charge in [-0.3, -0.25) is 9.48 Å². The van der Waals surface area contributed by atoms with Gasteiger partial charge in [0.15, 0.2) is 0 Å². The highest BCUT2D eigenvalue weighted by atomic mass is 35.5. The maximum absolute atomic E-state index is 11.6. The van der Waals surface area contributed by atoms with Gasteiger partial charge >= 0.3 is 0 Å². The molecule has 1 aromatic heterocycles. The lowest BCUT2D eigenvalue weighted by atomic mass is 10.2. The van der Waals surface area contributed by atoms with Crippen molar-refractivity contribution in [1.29, 1.82) is 0 Å². The van der Waals surface area contributed by atoms with Crippen molar-refractivity contribution in [3.63, 3.8) is 0 Å². The third-order valence-corrected chi connectivity index (χ3v) is 2.34. The number of carbonyl (C=O) groups excluding carboxylic acids is 1. The van der Waals surface area contributed by atoms with E-state index < -0.39 is 0 Å². The number of rotatable bonds is 5. The zero-order valence-electron chi connectivity index (χ0n) is 9.03. The second-order valence-electron chi connectivity index (χ2n) is 3.52. The van der Waals surface area contributed by atoms with Crippen molar-refractivity contribution in [3.05, 3.63) is 18.0 Å². The molecule has 15 heavy (non-hydrogen) atoms. The van der Waals surface area contributed by atoms with Crippen LogP contribution in [0.4, 0.5) is 0 Å². The zero-order chi connectivity index (χ0) is 11.3. The van der Waals surface area contributed by atoms with Crippen molar-refractivity contribution < 1.29 is 4.79 Å². The summed E-state index contributed by atoms with van der Waals surface area (Å²) in [6.07, 6.45) is 3.41. The Balaban J connectivity index is 2.28. The molecule has 1 heterocycles. The molecule has 1 atom stereocenters. The highest BCUT2D eigenvalue weighted by Gasteiger charge is 2.08. The maximum atomic E-state index is 11.6. The number of carbonyl (C=O) groups is 1. The normalized spacial score (nSPS) is 12.5. The van der Waals surface area contributed by atoms with E-state index in [2.05, 4.69) is 10.4 Å². The van der Waals surface area contributed by atoms with Gasteiger partial charge in [0.1, 0.15) is 5.69 Å². The third-order valence-electron chi connectivity index (χ3n) is 2.12. The van der Waals surface area contributed by atoms with E-state index in [4.69, 9.17) is 11.6 Å². The van der Waals surface area contributed by atoms with E-state index in [9.17, 15) is 4.79 Å². The first-order valence-electron chi connectivity index (χ1n) is 5.01. The average molecular weight is 230 g/mol. The number of halogens is 1. The molecule has 0 aliphatic carbocycles. The van der Waals surface area contributed by atoms with Crippen LogP contribution in [0.2, 0.25) is 0 Å². The van der Waals surface area contributed by atoms with Gasteiger partial charge in [-0.05, 0) is 25.8 Å². The number of aryl methyl sites for hydroxylation is 1. The first-order valence-corrected chi connectivity index (χ1v) is 5.45. The summed E-state index contributed by atoms with van der Waals surface area (Å²) in [5.74, 6) is -0.0859. The van der Waals surface area contributed by atoms with Crippen LogP contribution in [0.15, 0.2) is 12.3 Å². The molecule has 0 spiro atoms. The summed E-state index contributed by atoms with van der Waals surface area (Å²) in [7, 11) is 1.75. The number of alkyl halides is 1. The molecule has 1 amide bonds. The molecule has 0 fully saturated rings. The fourth-order valence-corrected chi connectivity index (χ4v) is 1.43. The van der Waals surface area contributed by atoms with E-state index >= 15 is 0 Å². The molecular formula is C10H16ClN3O. The van der Waals surface area contributed by atoms with Gasteiger partial charge in [-0.25, -0.2) is 0 Å². The summed E-state index contributed by atoms with van der Waals surface area (Å²) >= 11 is 5.79. The molecule has 1 aromatic rings. The highest BCUT2D eigenvalue weighted by Crippen LogP contribution is 2.02. The Morgan fingerprint density at radius 1 is 1.73 bits per heavy atom. The number of aromatic nitrogens is 2. The molecule has 0 aliphatic heterocycles. The van der Waals surface area contributed by atoms with E-state index in [0.717, 1.165) is 12.8 Å². The van der Waals surface area contributed by atoms with Crippen LogP contribution < -0.4 is 5.32 Å². The lowest BCUT2D eigenvalue weighted by Crippen LogP contribution is -2.26. The topological polar surface area (TPSA) is 46.9 Å². The van der Waals surface area contributed by atoms with E-state index in [1.165, 1.54) is 0 Å². The van der Waals surface area contributed by atoms with Gasteiger partial charge in [-0.1, -0.05) is 0 Å². The molecule has 0 bridgehead atoms. The van der Waals surface area contributed by atoms with Crippen molar-refractivity contribution in [2.75, 3.05) is 6.54 Å². The van der Waals surface area contributed by atoms with Crippen molar-refractivity contribution in [2.24, 2.45) is 7.05 Å². The molecule has 5 heteroatoms. The minimum atomic E-state index is -0.0859. The van der Waals surface area contributed by atoms with E-state index in [1.807, 2.05) is 6.92 Å². The number of hydrogen-bond donors (Lipinski definition) is 1. The minimum Gasteiger partial charge on any atom is -0.351 e. The summed E-state index contributed by atoms with van der Waals surface area (Å²) in [4.78, 5) is 11.6. The molecule has 0 radical (unpaired) electrons. The Kier molecular flexibility index (Phi) is 4.62. The van der Waals surface area contributed by atoms with Crippen LogP contribution in [0.1, 0.15) is 30.3 Å². The van der Waals surface area contributed by atoms with Gasteiger partial charge in [0.25, 0.3) is 5.91 Å². The second kappa shape index (κ2) is 5.75. The quantitative estimate of drug-likeness (QED) is 0.615. The Bertz CT molecular complexity index is 322. The van der Waals surface area contributed by atoms with Crippen LogP contribution in [0, 0.1) is 0 Å². The molecule has 0 saturated carbocycles. The van der Waals surface area contributed by atoms with E-state index in [-0.39, 0.29) is 11.3 Å². The molecule has 1 unspecified atom stereocenters. The Morgan fingerprint density at radius 2 is 2.47 bits per heavy atom. The van der Waals surface area contributed by atoms with Crippen molar-refractivity contribution >= 4 is 17.5 Å². The molecule has 0 aromatic carbocycles. The largest absolute Gasteiger partial charge is 0.351 e. The molecule has 1 rings (SSSR count). The van der Waals surface area contributed by atoms with Crippen LogP contribution >= 0.6 is 11.6 Å². The maximum Gasteiger partial charge on any atom is 0.269 e. The summed E-state index contributed by atoms with van der Waals surface area (Å²) in [6, 6.07) is 1.69. The average Bonchev–Trinajstić information content (AvgIpc) is 2.58. The predicted molar refractivity (Wildman–Crippen MR) is 60.1 cm³/mol. The lowest BCUT2D eigenvalue weighted by Gasteiger charge is -2.05. The molecule has 0 saturated heterocycles. The van der Waals surface area contributed by atoms with Crippen LogP contribution in [0.3, 0.4) is 0 Å². The summed E-state index contributed by atoms with van der Waals surface area (Å²) in [6.45, 7) is 2.60. The fourth-order valence-electron chi connectivity index (χ4n) is 1.27. The molecule has 84 valence electrons. The summed E-state index contributed by atoms with van der Waals surface area (Å²) < 4.78 is 1.56. The van der Waals surface area contributed by atoms with Crippen LogP contribution in [-0.2, 0) is 7.05 Å². The number of hydrogen-bond acceptors (Lipinski definition) is 2. The fraction of sp³-hybridized carbons (Fsp3) is 0.600. The van der Waals surface area contributed by atoms with Crippen LogP contribution in [0.5, 0.6) is 0 Å².